The Balaban J connectivity index is 1.66. The van der Waals surface area contributed by atoms with Gasteiger partial charge in [0.1, 0.15) is 0 Å². The first-order valence-corrected chi connectivity index (χ1v) is 12.1. The molecule has 0 aromatic rings. The third-order valence-corrected chi connectivity index (χ3v) is 7.37. The Labute approximate surface area is 131 Å². The number of hydrogen-bond acceptors (Lipinski definition) is 0. The second-order valence-corrected chi connectivity index (χ2v) is 11.2. The molecule has 0 N–H and O–H groups in total. The van der Waals surface area contributed by atoms with Crippen molar-refractivity contribution < 1.29 is 0 Å². The molecule has 0 aromatic carbocycles. The van der Waals surface area contributed by atoms with E-state index in [0.29, 0.717) is 10.1 Å². The highest BCUT2D eigenvalue weighted by Crippen LogP contribution is 2.42. The van der Waals surface area contributed by atoms with Gasteiger partial charge in [-0.05, 0) is 74.2 Å². The van der Waals surface area contributed by atoms with Crippen molar-refractivity contribution in [3.63, 3.8) is 0 Å². The molecule has 2 aliphatic carbocycles. The van der Waals surface area contributed by atoms with E-state index in [1.54, 1.807) is 38.5 Å². The third-order valence-electron chi connectivity index (χ3n) is 5.90. The van der Waals surface area contributed by atoms with Gasteiger partial charge < -0.3 is 0 Å². The first-order chi connectivity index (χ1) is 9.69. The zero-order valence-corrected chi connectivity index (χ0v) is 15.5. The van der Waals surface area contributed by atoms with E-state index in [4.69, 9.17) is 0 Å². The molecule has 0 bridgehead atoms. The quantitative estimate of drug-likeness (QED) is 0.520. The van der Waals surface area contributed by atoms with Gasteiger partial charge in [0.25, 0.3) is 0 Å². The molecular weight excluding hydrogens is 279 g/mol. The number of rotatable bonds is 6. The maximum atomic E-state index is 3.81. The molecule has 0 radical (unpaired) electrons. The van der Waals surface area contributed by atoms with E-state index >= 15 is 0 Å². The predicted molar refractivity (Wildman–Crippen MR) is 96.9 cm³/mol. The van der Waals surface area contributed by atoms with Crippen LogP contribution in [-0.2, 0) is 10.1 Å². The lowest BCUT2D eigenvalue weighted by atomic mass is 9.69. The average molecular weight is 315 g/mol. The van der Waals surface area contributed by atoms with E-state index in [1.807, 2.05) is 0 Å². The Kier molecular flexibility index (Phi) is 7.60. The minimum Gasteiger partial charge on any atom is -0.168 e. The van der Waals surface area contributed by atoms with E-state index in [9.17, 15) is 0 Å². The van der Waals surface area contributed by atoms with Crippen LogP contribution in [0.5, 0.6) is 0 Å². The molecule has 2 aliphatic rings. The lowest BCUT2D eigenvalue weighted by Crippen LogP contribution is -2.27. The van der Waals surface area contributed by atoms with Crippen LogP contribution < -0.4 is 0 Å². The molecule has 0 amide bonds. The minimum atomic E-state index is 0.468. The maximum Gasteiger partial charge on any atom is -0.00560 e. The van der Waals surface area contributed by atoms with Gasteiger partial charge in [0.2, 0.25) is 0 Å². The van der Waals surface area contributed by atoms with E-state index in [-0.39, 0.29) is 0 Å². The number of unbranched alkanes of at least 4 members (excludes halogenated alkanes) is 1. The largest absolute Gasteiger partial charge is 0.168 e. The summed E-state index contributed by atoms with van der Waals surface area (Å²) in [5.41, 5.74) is 0. The molecular formula is C18H35PS. The maximum absolute atomic E-state index is 3.81. The number of hydrogen-bond donors (Lipinski definition) is 0. The van der Waals surface area contributed by atoms with Crippen molar-refractivity contribution in [1.82, 2.24) is 0 Å². The fourth-order valence-electron chi connectivity index (χ4n) is 4.62. The van der Waals surface area contributed by atoms with Gasteiger partial charge in [0.05, 0.1) is 0 Å². The summed E-state index contributed by atoms with van der Waals surface area (Å²) >= 11 is 0. The topological polar surface area (TPSA) is 0 Å². The fourth-order valence-corrected chi connectivity index (χ4v) is 6.37. The second-order valence-electron chi connectivity index (χ2n) is 7.51. The molecule has 2 fully saturated rings. The van der Waals surface area contributed by atoms with Crippen LogP contribution >= 0.6 is 8.02 Å². The van der Waals surface area contributed by atoms with Gasteiger partial charge in [-0.25, -0.2) is 0 Å². The van der Waals surface area contributed by atoms with Crippen LogP contribution in [0.4, 0.5) is 0 Å². The molecule has 0 saturated heterocycles. The van der Waals surface area contributed by atoms with Crippen molar-refractivity contribution in [3.05, 3.63) is 0 Å². The Hall–Kier alpha value is 0.650. The lowest BCUT2D eigenvalue weighted by Gasteiger charge is -2.38. The summed E-state index contributed by atoms with van der Waals surface area (Å²) in [7, 11) is 4.27. The van der Waals surface area contributed by atoms with Crippen LogP contribution in [0.15, 0.2) is 0 Å². The SMILES string of the molecule is CCCCC1CCC(C2CCC(CS(C)=P)CC2)CC1. The molecule has 0 spiro atoms. The zero-order chi connectivity index (χ0) is 14.4. The molecule has 1 atom stereocenters. The van der Waals surface area contributed by atoms with E-state index in [2.05, 4.69) is 21.2 Å². The van der Waals surface area contributed by atoms with Crippen molar-refractivity contribution in [2.24, 2.45) is 23.7 Å². The van der Waals surface area contributed by atoms with Crippen molar-refractivity contribution in [1.29, 1.82) is 0 Å². The molecule has 0 nitrogen and oxygen atoms in total. The lowest BCUT2D eigenvalue weighted by molar-refractivity contribution is 0.147. The van der Waals surface area contributed by atoms with Gasteiger partial charge in [-0.1, -0.05) is 47.0 Å². The smallest absolute Gasteiger partial charge is 0.00560 e. The highest BCUT2D eigenvalue weighted by Gasteiger charge is 2.30. The van der Waals surface area contributed by atoms with Gasteiger partial charge in [-0.3, -0.25) is 0 Å². The predicted octanol–water partition coefficient (Wildman–Crippen LogP) is 6.10. The van der Waals surface area contributed by atoms with Crippen molar-refractivity contribution in [3.8, 4) is 0 Å². The van der Waals surface area contributed by atoms with Crippen LogP contribution in [-0.4, -0.2) is 12.0 Å². The summed E-state index contributed by atoms with van der Waals surface area (Å²) in [4.78, 5) is 0. The molecule has 0 aromatic heterocycles. The first kappa shape index (κ1) is 17.0. The molecule has 2 heteroatoms. The second kappa shape index (κ2) is 8.94. The average Bonchev–Trinajstić information content (AvgIpc) is 2.46. The molecule has 2 saturated carbocycles. The highest BCUT2D eigenvalue weighted by atomic mass is 32.5. The van der Waals surface area contributed by atoms with Crippen LogP contribution in [0, 0.1) is 23.7 Å². The first-order valence-electron chi connectivity index (χ1n) is 9.02. The molecule has 20 heavy (non-hydrogen) atoms. The molecule has 2 rings (SSSR count). The normalized spacial score (nSPS) is 36.7. The molecule has 118 valence electrons. The van der Waals surface area contributed by atoms with Crippen molar-refractivity contribution in [2.75, 3.05) is 12.0 Å². The standard InChI is InChI=1S/C18H35PS/c1-3-4-5-15-6-10-17(11-7-15)18-12-8-16(9-13-18)14-20(2)19/h15-19H,3-14H2,1-2H3. The van der Waals surface area contributed by atoms with Crippen LogP contribution in [0.1, 0.15) is 77.6 Å². The van der Waals surface area contributed by atoms with Gasteiger partial charge >= 0.3 is 0 Å². The third kappa shape index (κ3) is 5.45. The Morgan fingerprint density at radius 2 is 1.35 bits per heavy atom. The molecule has 0 aliphatic heterocycles. The van der Waals surface area contributed by atoms with E-state index < -0.39 is 0 Å². The minimum absolute atomic E-state index is 0.468. The van der Waals surface area contributed by atoms with E-state index in [1.165, 1.54) is 37.9 Å². The van der Waals surface area contributed by atoms with Gasteiger partial charge in [-0.2, -0.15) is 10.1 Å². The van der Waals surface area contributed by atoms with Gasteiger partial charge in [0, 0.05) is 0 Å². The van der Waals surface area contributed by atoms with E-state index in [0.717, 1.165) is 23.7 Å². The summed E-state index contributed by atoms with van der Waals surface area (Å²) in [5, 5.41) is 0. The van der Waals surface area contributed by atoms with Crippen LogP contribution in [0.2, 0.25) is 0 Å². The highest BCUT2D eigenvalue weighted by molar-refractivity contribution is 8.15. The molecule has 1 unspecified atom stereocenters. The molecule has 0 heterocycles. The Morgan fingerprint density at radius 3 is 1.80 bits per heavy atom. The van der Waals surface area contributed by atoms with Crippen molar-refractivity contribution >= 4 is 18.1 Å². The zero-order valence-electron chi connectivity index (χ0n) is 13.7. The summed E-state index contributed by atoms with van der Waals surface area (Å²) in [6.45, 7) is 2.33. The summed E-state index contributed by atoms with van der Waals surface area (Å²) in [6, 6.07) is 0. The van der Waals surface area contributed by atoms with Crippen LogP contribution in [0.3, 0.4) is 0 Å². The van der Waals surface area contributed by atoms with Gasteiger partial charge in [-0.15, -0.1) is 0 Å². The summed E-state index contributed by atoms with van der Waals surface area (Å²) in [5.74, 6) is 5.72. The Morgan fingerprint density at radius 1 is 0.850 bits per heavy atom. The van der Waals surface area contributed by atoms with Gasteiger partial charge in [0.15, 0.2) is 0 Å². The Bertz CT molecular complexity index is 286. The van der Waals surface area contributed by atoms with Crippen molar-refractivity contribution in [2.45, 2.75) is 77.6 Å². The fraction of sp³-hybridized carbons (Fsp3) is 1.00. The summed E-state index contributed by atoms with van der Waals surface area (Å²) < 4.78 is 0. The van der Waals surface area contributed by atoms with Crippen LogP contribution in [0.25, 0.3) is 0 Å². The monoisotopic (exact) mass is 314 g/mol. The summed E-state index contributed by atoms with van der Waals surface area (Å²) in [6.07, 6.45) is 19.0.